The molecular formula is C10H9F3N4O. The molecule has 0 aliphatic heterocycles. The van der Waals surface area contributed by atoms with Crippen LogP contribution in [0, 0.1) is 0 Å². The first-order valence-electron chi connectivity index (χ1n) is 4.96. The largest absolute Gasteiger partial charge is 0.433 e. The number of alkyl halides is 3. The monoisotopic (exact) mass is 258 g/mol. The van der Waals surface area contributed by atoms with Crippen LogP contribution in [0.3, 0.4) is 0 Å². The highest BCUT2D eigenvalue weighted by Crippen LogP contribution is 2.31. The molecule has 0 aliphatic carbocycles. The number of halogens is 3. The Kier molecular flexibility index (Phi) is 3.04. The molecule has 1 N–H and O–H groups in total. The van der Waals surface area contributed by atoms with Gasteiger partial charge in [-0.15, -0.1) is 0 Å². The lowest BCUT2D eigenvalue weighted by atomic mass is 10.2. The van der Waals surface area contributed by atoms with Crippen molar-refractivity contribution >= 4 is 0 Å². The minimum absolute atomic E-state index is 0.125. The molecule has 0 aliphatic rings. The van der Waals surface area contributed by atoms with Gasteiger partial charge in [0.15, 0.2) is 11.5 Å². The van der Waals surface area contributed by atoms with Gasteiger partial charge < -0.3 is 5.11 Å². The molecule has 0 bridgehead atoms. The summed E-state index contributed by atoms with van der Waals surface area (Å²) in [6, 6.07) is 1.51. The molecule has 5 nitrogen and oxygen atoms in total. The lowest BCUT2D eigenvalue weighted by molar-refractivity contribution is -0.142. The molecule has 2 aromatic heterocycles. The predicted molar refractivity (Wildman–Crippen MR) is 55.2 cm³/mol. The van der Waals surface area contributed by atoms with Crippen molar-refractivity contribution in [3.63, 3.8) is 0 Å². The van der Waals surface area contributed by atoms with Crippen LogP contribution in [0.25, 0.3) is 11.5 Å². The molecule has 0 radical (unpaired) electrons. The maximum absolute atomic E-state index is 12.7. The van der Waals surface area contributed by atoms with Crippen LogP contribution in [-0.4, -0.2) is 24.9 Å². The van der Waals surface area contributed by atoms with E-state index in [9.17, 15) is 13.2 Å². The average Bonchev–Trinajstić information content (AvgIpc) is 2.74. The van der Waals surface area contributed by atoms with Crippen LogP contribution in [0.2, 0.25) is 0 Å². The van der Waals surface area contributed by atoms with Crippen molar-refractivity contribution in [1.82, 2.24) is 19.7 Å². The summed E-state index contributed by atoms with van der Waals surface area (Å²) in [6.45, 7) is -0.767. The fraction of sp³-hybridized carbons (Fsp3) is 0.300. The first kappa shape index (κ1) is 12.5. The molecule has 2 aromatic rings. The van der Waals surface area contributed by atoms with Gasteiger partial charge >= 0.3 is 6.18 Å². The zero-order valence-electron chi connectivity index (χ0n) is 9.31. The molecule has 0 saturated heterocycles. The van der Waals surface area contributed by atoms with Crippen molar-refractivity contribution in [2.75, 3.05) is 0 Å². The third-order valence-electron chi connectivity index (χ3n) is 2.25. The smallest absolute Gasteiger partial charge is 0.392 e. The molecule has 0 saturated carbocycles. The quantitative estimate of drug-likeness (QED) is 0.884. The Balaban J connectivity index is 2.52. The summed E-state index contributed by atoms with van der Waals surface area (Å²) in [7, 11) is 1.64. The second kappa shape index (κ2) is 4.37. The van der Waals surface area contributed by atoms with Gasteiger partial charge in [-0.1, -0.05) is 0 Å². The molecule has 0 spiro atoms. The second-order valence-corrected chi connectivity index (χ2v) is 3.60. The van der Waals surface area contributed by atoms with Crippen LogP contribution < -0.4 is 0 Å². The summed E-state index contributed by atoms with van der Waals surface area (Å²) in [5.41, 5.74) is -1.25. The molecule has 2 heterocycles. The minimum Gasteiger partial charge on any atom is -0.392 e. The van der Waals surface area contributed by atoms with Crippen LogP contribution in [0.4, 0.5) is 13.2 Å². The predicted octanol–water partition coefficient (Wildman–Crippen LogP) is 1.39. The molecule has 2 rings (SSSR count). The standard InChI is InChI=1S/C10H9F3N4O/c1-17-3-2-7(16-17)9-14-4-6(5-18)8(15-9)10(11,12)13/h2-4,18H,5H2,1H3. The van der Waals surface area contributed by atoms with Crippen molar-refractivity contribution < 1.29 is 18.3 Å². The summed E-state index contributed by atoms with van der Waals surface area (Å²) < 4.78 is 39.6. The highest BCUT2D eigenvalue weighted by Gasteiger charge is 2.36. The third-order valence-corrected chi connectivity index (χ3v) is 2.25. The lowest BCUT2D eigenvalue weighted by Crippen LogP contribution is -2.13. The van der Waals surface area contributed by atoms with Crippen LogP contribution in [0.15, 0.2) is 18.5 Å². The number of aromatic nitrogens is 4. The Morgan fingerprint density at radius 3 is 2.61 bits per heavy atom. The Hall–Kier alpha value is -1.96. The number of hydrogen-bond donors (Lipinski definition) is 1. The Morgan fingerprint density at radius 1 is 1.39 bits per heavy atom. The summed E-state index contributed by atoms with van der Waals surface area (Å²) in [5.74, 6) is -0.125. The topological polar surface area (TPSA) is 63.8 Å². The van der Waals surface area contributed by atoms with Crippen LogP contribution in [0.5, 0.6) is 0 Å². The van der Waals surface area contributed by atoms with Crippen molar-refractivity contribution in [2.45, 2.75) is 12.8 Å². The number of nitrogens with zero attached hydrogens (tertiary/aromatic N) is 4. The maximum Gasteiger partial charge on any atom is 0.433 e. The number of aliphatic hydroxyl groups is 1. The molecule has 8 heteroatoms. The first-order chi connectivity index (χ1) is 8.41. The third kappa shape index (κ3) is 2.33. The van der Waals surface area contributed by atoms with Gasteiger partial charge in [-0.3, -0.25) is 4.68 Å². The second-order valence-electron chi connectivity index (χ2n) is 3.60. The normalized spacial score (nSPS) is 11.8. The van der Waals surface area contributed by atoms with Crippen LogP contribution >= 0.6 is 0 Å². The fourth-order valence-corrected chi connectivity index (χ4v) is 1.43. The molecule has 0 fully saturated rings. The zero-order valence-corrected chi connectivity index (χ0v) is 9.31. The first-order valence-corrected chi connectivity index (χ1v) is 4.96. The van der Waals surface area contributed by atoms with E-state index < -0.39 is 18.5 Å². The molecule has 0 atom stereocenters. The zero-order chi connectivity index (χ0) is 13.3. The number of rotatable bonds is 2. The molecule has 18 heavy (non-hydrogen) atoms. The van der Waals surface area contributed by atoms with E-state index in [1.165, 1.54) is 10.7 Å². The van der Waals surface area contributed by atoms with Gasteiger partial charge in [-0.25, -0.2) is 9.97 Å². The van der Waals surface area contributed by atoms with E-state index in [1.54, 1.807) is 13.2 Å². The van der Waals surface area contributed by atoms with E-state index in [0.29, 0.717) is 0 Å². The van der Waals surface area contributed by atoms with E-state index in [1.807, 2.05) is 0 Å². The fourth-order valence-electron chi connectivity index (χ4n) is 1.43. The van der Waals surface area contributed by atoms with Gasteiger partial charge in [0.2, 0.25) is 0 Å². The van der Waals surface area contributed by atoms with Gasteiger partial charge in [-0.2, -0.15) is 18.3 Å². The van der Waals surface area contributed by atoms with E-state index in [2.05, 4.69) is 15.1 Å². The Labute approximate surface area is 99.9 Å². The number of aryl methyl sites for hydroxylation is 1. The van der Waals surface area contributed by atoms with E-state index >= 15 is 0 Å². The Bertz CT molecular complexity index is 564. The molecule has 0 aromatic carbocycles. The maximum atomic E-state index is 12.7. The minimum atomic E-state index is -4.63. The van der Waals surface area contributed by atoms with Gasteiger partial charge in [0.1, 0.15) is 5.69 Å². The number of aliphatic hydroxyl groups excluding tert-OH is 1. The van der Waals surface area contributed by atoms with Crippen molar-refractivity contribution in [2.24, 2.45) is 7.05 Å². The number of hydrogen-bond acceptors (Lipinski definition) is 4. The van der Waals surface area contributed by atoms with Crippen LogP contribution in [0.1, 0.15) is 11.3 Å². The van der Waals surface area contributed by atoms with E-state index in [0.717, 1.165) is 6.20 Å². The molecule has 96 valence electrons. The van der Waals surface area contributed by atoms with Crippen molar-refractivity contribution in [3.05, 3.63) is 29.7 Å². The van der Waals surface area contributed by atoms with Crippen molar-refractivity contribution in [3.8, 4) is 11.5 Å². The summed E-state index contributed by atoms with van der Waals surface area (Å²) in [5, 5.41) is 12.8. The highest BCUT2D eigenvalue weighted by molar-refractivity contribution is 5.48. The summed E-state index contributed by atoms with van der Waals surface area (Å²) >= 11 is 0. The van der Waals surface area contributed by atoms with Gasteiger partial charge in [0, 0.05) is 25.0 Å². The highest BCUT2D eigenvalue weighted by atomic mass is 19.4. The molecular weight excluding hydrogens is 249 g/mol. The summed E-state index contributed by atoms with van der Waals surface area (Å²) in [6.07, 6.45) is -2.10. The van der Waals surface area contributed by atoms with E-state index in [-0.39, 0.29) is 17.1 Å². The molecule has 0 amide bonds. The van der Waals surface area contributed by atoms with Gasteiger partial charge in [0.25, 0.3) is 0 Å². The van der Waals surface area contributed by atoms with Gasteiger partial charge in [0.05, 0.1) is 6.61 Å². The van der Waals surface area contributed by atoms with Gasteiger partial charge in [-0.05, 0) is 6.07 Å². The van der Waals surface area contributed by atoms with Crippen LogP contribution in [-0.2, 0) is 19.8 Å². The SMILES string of the molecule is Cn1ccc(-c2ncc(CO)c(C(F)(F)F)n2)n1. The lowest BCUT2D eigenvalue weighted by Gasteiger charge is -2.10. The molecule has 0 unspecified atom stereocenters. The Morgan fingerprint density at radius 2 is 2.11 bits per heavy atom. The van der Waals surface area contributed by atoms with Crippen molar-refractivity contribution in [1.29, 1.82) is 0 Å². The summed E-state index contributed by atoms with van der Waals surface area (Å²) in [4.78, 5) is 7.19. The average molecular weight is 258 g/mol. The van der Waals surface area contributed by atoms with E-state index in [4.69, 9.17) is 5.11 Å².